The summed E-state index contributed by atoms with van der Waals surface area (Å²) in [6.45, 7) is 1.14. The summed E-state index contributed by atoms with van der Waals surface area (Å²) in [5.41, 5.74) is 1.12. The van der Waals surface area contributed by atoms with Gasteiger partial charge in [0.05, 0.1) is 23.3 Å². The van der Waals surface area contributed by atoms with E-state index in [9.17, 15) is 9.18 Å². The van der Waals surface area contributed by atoms with E-state index < -0.39 is 6.17 Å². The average Bonchev–Trinajstić information content (AvgIpc) is 2.43. The third-order valence-electron chi connectivity index (χ3n) is 3.48. The first-order chi connectivity index (χ1) is 9.65. The van der Waals surface area contributed by atoms with Gasteiger partial charge in [0.2, 0.25) is 0 Å². The molecule has 20 heavy (non-hydrogen) atoms. The zero-order valence-electron chi connectivity index (χ0n) is 10.6. The maximum Gasteiger partial charge on any atom is 0.258 e. The third kappa shape index (κ3) is 2.55. The van der Waals surface area contributed by atoms with Gasteiger partial charge in [-0.2, -0.15) is 0 Å². The highest BCUT2D eigenvalue weighted by molar-refractivity contribution is 9.10. The molecule has 1 aromatic carbocycles. The fraction of sp³-hybridized carbons (Fsp3) is 0.385. The molecule has 1 fully saturated rings. The van der Waals surface area contributed by atoms with Gasteiger partial charge < -0.3 is 15.6 Å². The highest BCUT2D eigenvalue weighted by atomic mass is 79.9. The third-order valence-corrected chi connectivity index (χ3v) is 4.13. The van der Waals surface area contributed by atoms with Crippen LogP contribution in [-0.4, -0.2) is 35.3 Å². The van der Waals surface area contributed by atoms with Gasteiger partial charge in [0.15, 0.2) is 0 Å². The topological polar surface area (TPSA) is 69.8 Å². The van der Waals surface area contributed by atoms with E-state index in [0.29, 0.717) is 29.6 Å². The molecule has 1 saturated heterocycles. The summed E-state index contributed by atoms with van der Waals surface area (Å²) in [7, 11) is 0. The molecule has 106 valence electrons. The van der Waals surface area contributed by atoms with E-state index >= 15 is 0 Å². The van der Waals surface area contributed by atoms with Gasteiger partial charge in [0, 0.05) is 16.7 Å². The smallest absolute Gasteiger partial charge is 0.258 e. The predicted octanol–water partition coefficient (Wildman–Crippen LogP) is 1.80. The van der Waals surface area contributed by atoms with Crippen molar-refractivity contribution in [2.45, 2.75) is 18.6 Å². The van der Waals surface area contributed by atoms with Crippen molar-refractivity contribution in [3.05, 3.63) is 33.3 Å². The van der Waals surface area contributed by atoms with E-state index in [1.807, 2.05) is 0 Å². The molecule has 1 aromatic heterocycles. The van der Waals surface area contributed by atoms with E-state index in [1.54, 1.807) is 12.1 Å². The van der Waals surface area contributed by atoms with Crippen LogP contribution in [-0.2, 0) is 0 Å². The fourth-order valence-corrected chi connectivity index (χ4v) is 2.83. The van der Waals surface area contributed by atoms with Crippen molar-refractivity contribution in [3.63, 3.8) is 0 Å². The maximum absolute atomic E-state index is 13.8. The SMILES string of the molecule is O=c1[nH]cnc2cc(Br)c(NC3CCNCC3F)cc12. The van der Waals surface area contributed by atoms with Crippen LogP contribution in [0.4, 0.5) is 10.1 Å². The largest absolute Gasteiger partial charge is 0.378 e. The number of halogens is 2. The van der Waals surface area contributed by atoms with Gasteiger partial charge in [0.1, 0.15) is 6.17 Å². The molecule has 0 spiro atoms. The van der Waals surface area contributed by atoms with E-state index in [2.05, 4.69) is 36.5 Å². The number of hydrogen-bond acceptors (Lipinski definition) is 4. The first-order valence-corrected chi connectivity index (χ1v) is 7.23. The number of benzene rings is 1. The van der Waals surface area contributed by atoms with Crippen LogP contribution in [0.1, 0.15) is 6.42 Å². The summed E-state index contributed by atoms with van der Waals surface area (Å²) in [6.07, 6.45) is 1.13. The number of alkyl halides is 1. The highest BCUT2D eigenvalue weighted by Gasteiger charge is 2.24. The number of fused-ring (bicyclic) bond motifs is 1. The fourth-order valence-electron chi connectivity index (χ4n) is 2.38. The van der Waals surface area contributed by atoms with Crippen LogP contribution < -0.4 is 16.2 Å². The summed E-state index contributed by atoms with van der Waals surface area (Å²) in [4.78, 5) is 18.4. The van der Waals surface area contributed by atoms with E-state index in [-0.39, 0.29) is 11.6 Å². The van der Waals surface area contributed by atoms with Crippen LogP contribution in [0.5, 0.6) is 0 Å². The molecule has 1 aliphatic rings. The molecule has 3 N–H and O–H groups in total. The molecule has 3 rings (SSSR count). The van der Waals surface area contributed by atoms with E-state index in [1.165, 1.54) is 6.33 Å². The molecule has 0 amide bonds. The molecule has 0 radical (unpaired) electrons. The molecule has 2 unspecified atom stereocenters. The Bertz CT molecular complexity index is 690. The van der Waals surface area contributed by atoms with E-state index in [0.717, 1.165) is 11.0 Å². The summed E-state index contributed by atoms with van der Waals surface area (Å²) in [6, 6.07) is 3.22. The Morgan fingerprint density at radius 3 is 3.10 bits per heavy atom. The lowest BCUT2D eigenvalue weighted by Gasteiger charge is -2.28. The van der Waals surface area contributed by atoms with Gasteiger partial charge in [-0.05, 0) is 41.0 Å². The van der Waals surface area contributed by atoms with Gasteiger partial charge in [-0.25, -0.2) is 9.37 Å². The number of anilines is 1. The molecule has 0 bridgehead atoms. The minimum atomic E-state index is -0.946. The Morgan fingerprint density at radius 1 is 1.45 bits per heavy atom. The number of nitrogens with zero attached hydrogens (tertiary/aromatic N) is 1. The molecular formula is C13H14BrFN4O. The highest BCUT2D eigenvalue weighted by Crippen LogP contribution is 2.28. The summed E-state index contributed by atoms with van der Waals surface area (Å²) in [5.74, 6) is 0. The van der Waals surface area contributed by atoms with E-state index in [4.69, 9.17) is 0 Å². The lowest BCUT2D eigenvalue weighted by atomic mass is 10.0. The van der Waals surface area contributed by atoms with Crippen molar-refractivity contribution in [2.24, 2.45) is 0 Å². The van der Waals surface area contributed by atoms with Crippen molar-refractivity contribution < 1.29 is 4.39 Å². The second kappa shape index (κ2) is 5.49. The van der Waals surface area contributed by atoms with Crippen LogP contribution in [0.25, 0.3) is 10.9 Å². The van der Waals surface area contributed by atoms with Crippen molar-refractivity contribution in [1.82, 2.24) is 15.3 Å². The van der Waals surface area contributed by atoms with Gasteiger partial charge in [0.25, 0.3) is 5.56 Å². The lowest BCUT2D eigenvalue weighted by Crippen LogP contribution is -2.45. The number of nitrogens with one attached hydrogen (secondary N) is 3. The monoisotopic (exact) mass is 340 g/mol. The van der Waals surface area contributed by atoms with Crippen LogP contribution in [0.2, 0.25) is 0 Å². The zero-order chi connectivity index (χ0) is 14.1. The molecule has 5 nitrogen and oxygen atoms in total. The second-order valence-corrected chi connectivity index (χ2v) is 5.69. The standard InChI is InChI=1S/C13H14BrFN4O/c14-8-4-11-7(13(20)18-6-17-11)3-12(8)19-10-1-2-16-5-9(10)15/h3-4,6,9-10,16,19H,1-2,5H2,(H,17,18,20). The first kappa shape index (κ1) is 13.5. The average molecular weight is 341 g/mol. The summed E-state index contributed by atoms with van der Waals surface area (Å²) in [5, 5.41) is 6.68. The first-order valence-electron chi connectivity index (χ1n) is 6.43. The van der Waals surface area contributed by atoms with Crippen LogP contribution in [0.15, 0.2) is 27.7 Å². The maximum atomic E-state index is 13.8. The van der Waals surface area contributed by atoms with Crippen LogP contribution >= 0.6 is 15.9 Å². The molecule has 2 atom stereocenters. The van der Waals surface area contributed by atoms with Gasteiger partial charge in [-0.15, -0.1) is 0 Å². The van der Waals surface area contributed by atoms with Crippen LogP contribution in [0, 0.1) is 0 Å². The molecular weight excluding hydrogens is 327 g/mol. The minimum absolute atomic E-state index is 0.201. The van der Waals surface area contributed by atoms with Gasteiger partial charge in [-0.3, -0.25) is 4.79 Å². The summed E-state index contributed by atoms with van der Waals surface area (Å²) < 4.78 is 14.6. The second-order valence-electron chi connectivity index (χ2n) is 4.84. The zero-order valence-corrected chi connectivity index (χ0v) is 12.2. The quantitative estimate of drug-likeness (QED) is 0.779. The Balaban J connectivity index is 1.96. The minimum Gasteiger partial charge on any atom is -0.378 e. The lowest BCUT2D eigenvalue weighted by molar-refractivity contribution is 0.245. The Labute approximate surface area is 123 Å². The number of aromatic nitrogens is 2. The summed E-state index contributed by atoms with van der Waals surface area (Å²) >= 11 is 3.44. The van der Waals surface area contributed by atoms with Gasteiger partial charge >= 0.3 is 0 Å². The Kier molecular flexibility index (Phi) is 3.71. The predicted molar refractivity (Wildman–Crippen MR) is 79.9 cm³/mol. The molecule has 0 saturated carbocycles. The number of H-pyrrole nitrogens is 1. The van der Waals surface area contributed by atoms with Crippen molar-refractivity contribution in [1.29, 1.82) is 0 Å². The Hall–Kier alpha value is -1.47. The normalized spacial score (nSPS) is 22.9. The number of hydrogen-bond donors (Lipinski definition) is 3. The number of piperidine rings is 1. The molecule has 7 heteroatoms. The van der Waals surface area contributed by atoms with Crippen molar-refractivity contribution in [2.75, 3.05) is 18.4 Å². The molecule has 2 heterocycles. The molecule has 0 aliphatic carbocycles. The number of rotatable bonds is 2. The van der Waals surface area contributed by atoms with Crippen molar-refractivity contribution >= 4 is 32.5 Å². The van der Waals surface area contributed by atoms with Gasteiger partial charge in [-0.1, -0.05) is 0 Å². The number of aromatic amines is 1. The Morgan fingerprint density at radius 2 is 2.30 bits per heavy atom. The molecule has 1 aliphatic heterocycles. The molecule has 2 aromatic rings. The van der Waals surface area contributed by atoms with Crippen LogP contribution in [0.3, 0.4) is 0 Å². The van der Waals surface area contributed by atoms with Crippen molar-refractivity contribution in [3.8, 4) is 0 Å².